The quantitative estimate of drug-likeness (QED) is 0.329. The summed E-state index contributed by atoms with van der Waals surface area (Å²) in [6.07, 6.45) is 14.5. The van der Waals surface area contributed by atoms with Crippen molar-refractivity contribution in [1.82, 2.24) is 0 Å². The third-order valence-electron chi connectivity index (χ3n) is 8.57. The summed E-state index contributed by atoms with van der Waals surface area (Å²) >= 11 is 0. The van der Waals surface area contributed by atoms with Crippen molar-refractivity contribution in [3.63, 3.8) is 0 Å². The number of hydrogen-bond donors (Lipinski definition) is 0. The van der Waals surface area contributed by atoms with Crippen molar-refractivity contribution in [2.24, 2.45) is 5.92 Å². The normalized spacial score (nSPS) is 20.3. The topological polar surface area (TPSA) is 37.4 Å². The first-order valence-corrected chi connectivity index (χ1v) is 13.9. The molecule has 3 nitrogen and oxygen atoms in total. The Bertz CT molecular complexity index is 1440. The van der Waals surface area contributed by atoms with Crippen LogP contribution in [0.3, 0.4) is 0 Å². The molecule has 1 aliphatic heterocycles. The lowest BCUT2D eigenvalue weighted by atomic mass is 9.80. The Morgan fingerprint density at radius 3 is 2.00 bits per heavy atom. The number of hydrogen-bond acceptors (Lipinski definition) is 3. The number of fused-ring (bicyclic) bond motifs is 2. The Hall–Kier alpha value is -3.72. The third-order valence-corrected chi connectivity index (χ3v) is 8.57. The molecule has 0 bridgehead atoms. The van der Waals surface area contributed by atoms with Gasteiger partial charge in [0.25, 0.3) is 0 Å². The SMILES string of the molecule is CC(=O)C(C)C1=C(C=CC=CC=CC=C2N(C(C)C(C)=O)c3ccccc3C2(C)C)C(C)(C)c2ccccc21. The zero-order chi connectivity index (χ0) is 28.5. The van der Waals surface area contributed by atoms with Gasteiger partial charge in [-0.2, -0.15) is 0 Å². The molecule has 39 heavy (non-hydrogen) atoms. The van der Waals surface area contributed by atoms with Gasteiger partial charge >= 0.3 is 0 Å². The van der Waals surface area contributed by atoms with Gasteiger partial charge < -0.3 is 4.90 Å². The standard InChI is InChI=1S/C36H41NO2/c1-24(26(3)38)34-28-18-14-15-19-29(28)35(5,6)31(34)21-12-10-9-11-13-23-33-36(7,8)30-20-16-17-22-32(30)37(33)25(2)27(4)39/h9-25H,1-8H3. The predicted octanol–water partition coefficient (Wildman–Crippen LogP) is 8.28. The van der Waals surface area contributed by atoms with E-state index in [1.165, 1.54) is 22.3 Å². The molecule has 0 saturated heterocycles. The summed E-state index contributed by atoms with van der Waals surface area (Å²) in [5.74, 6) is 0.175. The lowest BCUT2D eigenvalue weighted by Gasteiger charge is -2.30. The number of anilines is 1. The second-order valence-electron chi connectivity index (χ2n) is 11.8. The molecule has 2 aromatic carbocycles. The fraction of sp³-hybridized carbons (Fsp3) is 0.333. The maximum atomic E-state index is 12.4. The zero-order valence-corrected chi connectivity index (χ0v) is 24.6. The van der Waals surface area contributed by atoms with Gasteiger partial charge in [-0.25, -0.2) is 0 Å². The van der Waals surface area contributed by atoms with Gasteiger partial charge in [-0.05, 0) is 60.8 Å². The number of carbonyl (C=O) groups is 2. The molecule has 2 aliphatic rings. The zero-order valence-electron chi connectivity index (χ0n) is 24.6. The van der Waals surface area contributed by atoms with Crippen LogP contribution in [-0.2, 0) is 20.4 Å². The summed E-state index contributed by atoms with van der Waals surface area (Å²) in [5.41, 5.74) is 7.88. The lowest BCUT2D eigenvalue weighted by molar-refractivity contribution is -0.119. The predicted molar refractivity (Wildman–Crippen MR) is 164 cm³/mol. The van der Waals surface area contributed by atoms with Crippen LogP contribution in [0, 0.1) is 5.92 Å². The highest BCUT2D eigenvalue weighted by Gasteiger charge is 2.42. The van der Waals surface area contributed by atoms with Crippen LogP contribution in [-0.4, -0.2) is 17.6 Å². The van der Waals surface area contributed by atoms with Gasteiger partial charge in [-0.1, -0.05) is 114 Å². The van der Waals surface area contributed by atoms with Crippen LogP contribution in [0.4, 0.5) is 5.69 Å². The molecule has 0 spiro atoms. The van der Waals surface area contributed by atoms with E-state index in [4.69, 9.17) is 0 Å². The molecule has 0 radical (unpaired) electrons. The monoisotopic (exact) mass is 519 g/mol. The largest absolute Gasteiger partial charge is 0.334 e. The molecule has 0 saturated carbocycles. The van der Waals surface area contributed by atoms with E-state index in [0.717, 1.165) is 17.0 Å². The van der Waals surface area contributed by atoms with E-state index >= 15 is 0 Å². The summed E-state index contributed by atoms with van der Waals surface area (Å²) in [6, 6.07) is 16.6. The van der Waals surface area contributed by atoms with Crippen molar-refractivity contribution in [3.05, 3.63) is 119 Å². The Labute approximate surface area is 234 Å². The first kappa shape index (κ1) is 28.3. The van der Waals surface area contributed by atoms with Gasteiger partial charge in [0, 0.05) is 28.1 Å². The minimum Gasteiger partial charge on any atom is -0.334 e. The Kier molecular flexibility index (Phi) is 7.84. The summed E-state index contributed by atoms with van der Waals surface area (Å²) in [5, 5.41) is 0. The molecule has 2 atom stereocenters. The molecule has 0 fully saturated rings. The Morgan fingerprint density at radius 1 is 0.744 bits per heavy atom. The second-order valence-corrected chi connectivity index (χ2v) is 11.8. The summed E-state index contributed by atoms with van der Waals surface area (Å²) < 4.78 is 0. The Morgan fingerprint density at radius 2 is 1.33 bits per heavy atom. The first-order chi connectivity index (χ1) is 18.4. The number of Topliss-reactive ketones (excluding diaryl/α,β-unsaturated/α-hetero) is 2. The molecule has 3 heteroatoms. The Balaban J connectivity index is 1.59. The van der Waals surface area contributed by atoms with E-state index in [1.807, 2.05) is 44.2 Å². The molecular weight excluding hydrogens is 478 g/mol. The molecule has 0 amide bonds. The van der Waals surface area contributed by atoms with Crippen molar-refractivity contribution in [3.8, 4) is 0 Å². The minimum atomic E-state index is -0.232. The van der Waals surface area contributed by atoms with E-state index < -0.39 is 0 Å². The molecular formula is C36H41NO2. The van der Waals surface area contributed by atoms with Crippen molar-refractivity contribution in [1.29, 1.82) is 0 Å². The van der Waals surface area contributed by atoms with E-state index in [9.17, 15) is 9.59 Å². The van der Waals surface area contributed by atoms with Crippen LogP contribution >= 0.6 is 0 Å². The summed E-state index contributed by atoms with van der Waals surface area (Å²) in [4.78, 5) is 26.9. The van der Waals surface area contributed by atoms with E-state index in [2.05, 4.69) is 93.3 Å². The fourth-order valence-electron chi connectivity index (χ4n) is 6.02. The molecule has 4 rings (SSSR count). The van der Waals surface area contributed by atoms with Crippen molar-refractivity contribution in [2.45, 2.75) is 72.3 Å². The maximum absolute atomic E-state index is 12.4. The second kappa shape index (κ2) is 10.8. The van der Waals surface area contributed by atoms with Crippen LogP contribution in [0.15, 0.2) is 102 Å². The third kappa shape index (κ3) is 5.03. The lowest BCUT2D eigenvalue weighted by Crippen LogP contribution is -2.38. The fourth-order valence-corrected chi connectivity index (χ4v) is 6.02. The highest BCUT2D eigenvalue weighted by molar-refractivity contribution is 5.96. The number of para-hydroxylation sites is 1. The van der Waals surface area contributed by atoms with Crippen LogP contribution in [0.25, 0.3) is 5.57 Å². The van der Waals surface area contributed by atoms with E-state index in [-0.39, 0.29) is 34.4 Å². The number of ketones is 2. The molecule has 0 N–H and O–H groups in total. The summed E-state index contributed by atoms with van der Waals surface area (Å²) in [7, 11) is 0. The summed E-state index contributed by atoms with van der Waals surface area (Å²) in [6.45, 7) is 16.2. The molecule has 202 valence electrons. The molecule has 1 heterocycles. The molecule has 2 aromatic rings. The van der Waals surface area contributed by atoms with Gasteiger partial charge in [0.15, 0.2) is 5.78 Å². The minimum absolute atomic E-state index is 0.146. The molecule has 1 aliphatic carbocycles. The number of nitrogens with zero attached hydrogens (tertiary/aromatic N) is 1. The number of benzene rings is 2. The highest BCUT2D eigenvalue weighted by Crippen LogP contribution is 2.50. The van der Waals surface area contributed by atoms with Crippen LogP contribution in [0.2, 0.25) is 0 Å². The van der Waals surface area contributed by atoms with E-state index in [1.54, 1.807) is 13.8 Å². The van der Waals surface area contributed by atoms with Gasteiger partial charge in [0.1, 0.15) is 5.78 Å². The number of rotatable bonds is 8. The molecule has 0 aromatic heterocycles. The van der Waals surface area contributed by atoms with E-state index in [0.29, 0.717) is 0 Å². The average Bonchev–Trinajstić information content (AvgIpc) is 3.26. The van der Waals surface area contributed by atoms with Gasteiger partial charge in [0.2, 0.25) is 0 Å². The van der Waals surface area contributed by atoms with Crippen LogP contribution in [0.5, 0.6) is 0 Å². The molecule has 2 unspecified atom stereocenters. The first-order valence-electron chi connectivity index (χ1n) is 13.9. The number of carbonyl (C=O) groups excluding carboxylic acids is 2. The highest BCUT2D eigenvalue weighted by atomic mass is 16.1. The van der Waals surface area contributed by atoms with Crippen molar-refractivity contribution >= 4 is 22.8 Å². The van der Waals surface area contributed by atoms with Crippen LogP contribution in [0.1, 0.15) is 72.1 Å². The number of allylic oxidation sites excluding steroid dienone is 10. The maximum Gasteiger partial charge on any atom is 0.152 e. The smallest absolute Gasteiger partial charge is 0.152 e. The van der Waals surface area contributed by atoms with Crippen LogP contribution < -0.4 is 4.90 Å². The average molecular weight is 520 g/mol. The van der Waals surface area contributed by atoms with Gasteiger partial charge in [-0.3, -0.25) is 9.59 Å². The van der Waals surface area contributed by atoms with Gasteiger partial charge in [-0.15, -0.1) is 0 Å². The van der Waals surface area contributed by atoms with Gasteiger partial charge in [0.05, 0.1) is 6.04 Å². The van der Waals surface area contributed by atoms with Crippen molar-refractivity contribution < 1.29 is 9.59 Å². The van der Waals surface area contributed by atoms with Crippen molar-refractivity contribution in [2.75, 3.05) is 4.90 Å².